The van der Waals surface area contributed by atoms with Crippen molar-refractivity contribution in [2.75, 3.05) is 13.1 Å². The van der Waals surface area contributed by atoms with Gasteiger partial charge in [0.05, 0.1) is 18.6 Å². The summed E-state index contributed by atoms with van der Waals surface area (Å²) in [6.07, 6.45) is 2.63. The molecule has 10 nitrogen and oxygen atoms in total. The van der Waals surface area contributed by atoms with Crippen molar-refractivity contribution in [3.05, 3.63) is 156 Å². The van der Waals surface area contributed by atoms with Crippen LogP contribution in [0.2, 0.25) is 0 Å². The molecule has 5 aromatic rings. The van der Waals surface area contributed by atoms with Crippen LogP contribution in [0.3, 0.4) is 0 Å². The molecule has 1 saturated heterocycles. The summed E-state index contributed by atoms with van der Waals surface area (Å²) in [5, 5.41) is 14.0. The Morgan fingerprint density at radius 1 is 0.593 bits per heavy atom. The lowest BCUT2D eigenvalue weighted by Gasteiger charge is -2.35. The van der Waals surface area contributed by atoms with E-state index >= 15 is 0 Å². The number of amides is 4. The third-order valence-electron chi connectivity index (χ3n) is 11.1. The topological polar surface area (TPSA) is 137 Å². The van der Waals surface area contributed by atoms with E-state index in [2.05, 4.69) is 21.3 Å². The average Bonchev–Trinajstić information content (AvgIpc) is 3.25. The van der Waals surface area contributed by atoms with Crippen LogP contribution < -0.4 is 21.3 Å². The molecule has 306 valence electrons. The minimum absolute atomic E-state index is 0.0728. The third kappa shape index (κ3) is 11.7. The molecule has 0 saturated carbocycles. The molecule has 6 rings (SSSR count). The van der Waals surface area contributed by atoms with Crippen LogP contribution in [0.15, 0.2) is 133 Å². The Bertz CT molecular complexity index is 2200. The van der Waals surface area contributed by atoms with Crippen LogP contribution in [0, 0.1) is 5.92 Å². The number of fused-ring (bicyclic) bond motifs is 1. The van der Waals surface area contributed by atoms with Crippen LogP contribution in [0.1, 0.15) is 73.1 Å². The molecule has 0 unspecified atom stereocenters. The smallest absolute Gasteiger partial charge is 0.243 e. The largest absolute Gasteiger partial charge is 0.348 e. The maximum absolute atomic E-state index is 14.3. The summed E-state index contributed by atoms with van der Waals surface area (Å²) in [4.78, 5) is 71.9. The fraction of sp³-hybridized carbons (Fsp3) is 0.327. The quantitative estimate of drug-likeness (QED) is 0.0811. The van der Waals surface area contributed by atoms with E-state index in [0.717, 1.165) is 40.3 Å². The number of carbonyl (C=O) groups excluding carboxylic acids is 5. The summed E-state index contributed by atoms with van der Waals surface area (Å²) in [6, 6.07) is 38.1. The number of ketones is 1. The van der Waals surface area contributed by atoms with Gasteiger partial charge in [0.15, 0.2) is 5.78 Å². The first-order chi connectivity index (χ1) is 28.5. The molecule has 1 aliphatic heterocycles. The molecule has 5 aromatic carbocycles. The Labute approximate surface area is 347 Å². The van der Waals surface area contributed by atoms with Gasteiger partial charge >= 0.3 is 0 Å². The van der Waals surface area contributed by atoms with Crippen LogP contribution in [-0.2, 0) is 32.0 Å². The highest BCUT2D eigenvalue weighted by atomic mass is 16.2. The maximum atomic E-state index is 14.3. The van der Waals surface area contributed by atoms with Crippen molar-refractivity contribution in [1.29, 1.82) is 0 Å². The van der Waals surface area contributed by atoms with Gasteiger partial charge in [0.25, 0.3) is 0 Å². The normalized spacial score (nSPS) is 16.3. The Hall–Kier alpha value is -6.13. The van der Waals surface area contributed by atoms with E-state index < -0.39 is 36.0 Å². The van der Waals surface area contributed by atoms with Crippen molar-refractivity contribution in [2.24, 2.45) is 5.92 Å². The lowest BCUT2D eigenvalue weighted by Crippen LogP contribution is -2.60. The number of hydrogen-bond acceptors (Lipinski definition) is 6. The Morgan fingerprint density at radius 3 is 1.78 bits per heavy atom. The van der Waals surface area contributed by atoms with E-state index in [1.165, 1.54) is 0 Å². The minimum atomic E-state index is -1.02. The molecule has 0 aromatic heterocycles. The molecule has 0 spiro atoms. The second-order valence-corrected chi connectivity index (χ2v) is 15.8. The van der Waals surface area contributed by atoms with Crippen LogP contribution in [0.25, 0.3) is 10.8 Å². The monoisotopic (exact) mass is 793 g/mol. The third-order valence-corrected chi connectivity index (χ3v) is 11.1. The number of piperidine rings is 1. The van der Waals surface area contributed by atoms with E-state index in [0.29, 0.717) is 18.5 Å². The molecular weight excluding hydrogens is 739 g/mol. The number of rotatable bonds is 17. The molecule has 0 bridgehead atoms. The number of nitrogens with zero attached hydrogens (tertiary/aromatic N) is 1. The minimum Gasteiger partial charge on any atom is -0.348 e. The molecule has 1 fully saturated rings. The predicted octanol–water partition coefficient (Wildman–Crippen LogP) is 6.35. The van der Waals surface area contributed by atoms with E-state index in [1.54, 1.807) is 0 Å². The van der Waals surface area contributed by atoms with Crippen LogP contribution in [0.4, 0.5) is 0 Å². The van der Waals surface area contributed by atoms with Crippen molar-refractivity contribution < 1.29 is 24.0 Å². The SMILES string of the molecule is CC(C)[C@H](NC(=O)[C@H](Cc1ccccc1)NC(=O)[C@@H]1CCCCN1CC(=O)c1ccc2ccccc2c1)C(=O)N[C@@H](Cc1ccccc1)C(=O)N[C@H](C)c1ccccc1. The molecule has 5 atom stereocenters. The first kappa shape index (κ1) is 42.5. The Kier molecular flexibility index (Phi) is 14.8. The number of hydrogen-bond donors (Lipinski definition) is 4. The molecule has 0 radical (unpaired) electrons. The van der Waals surface area contributed by atoms with Gasteiger partial charge in [-0.1, -0.05) is 148 Å². The molecule has 1 aliphatic rings. The van der Waals surface area contributed by atoms with Gasteiger partial charge in [0.1, 0.15) is 18.1 Å². The zero-order valence-corrected chi connectivity index (χ0v) is 34.1. The van der Waals surface area contributed by atoms with Crippen LogP contribution in [-0.4, -0.2) is 71.6 Å². The molecule has 10 heteroatoms. The summed E-state index contributed by atoms with van der Waals surface area (Å²) in [5.74, 6) is -2.15. The maximum Gasteiger partial charge on any atom is 0.243 e. The number of carbonyl (C=O) groups is 5. The van der Waals surface area contributed by atoms with Gasteiger partial charge in [0.2, 0.25) is 23.6 Å². The summed E-state index contributed by atoms with van der Waals surface area (Å²) >= 11 is 0. The van der Waals surface area contributed by atoms with Crippen molar-refractivity contribution in [2.45, 2.75) is 83.1 Å². The second kappa shape index (κ2) is 20.5. The van der Waals surface area contributed by atoms with E-state index in [9.17, 15) is 24.0 Å². The number of nitrogens with one attached hydrogen (secondary N) is 4. The number of Topliss-reactive ketones (excluding diaryl/α,β-unsaturated/α-hetero) is 1. The van der Waals surface area contributed by atoms with Gasteiger partial charge in [0, 0.05) is 18.4 Å². The van der Waals surface area contributed by atoms with Gasteiger partial charge in [-0.3, -0.25) is 28.9 Å². The Morgan fingerprint density at radius 2 is 1.15 bits per heavy atom. The Balaban J connectivity index is 1.17. The fourth-order valence-corrected chi connectivity index (χ4v) is 7.69. The predicted molar refractivity (Wildman–Crippen MR) is 231 cm³/mol. The van der Waals surface area contributed by atoms with Gasteiger partial charge in [-0.2, -0.15) is 0 Å². The van der Waals surface area contributed by atoms with Crippen LogP contribution in [0.5, 0.6) is 0 Å². The fourth-order valence-electron chi connectivity index (χ4n) is 7.69. The van der Waals surface area contributed by atoms with Gasteiger partial charge in [-0.25, -0.2) is 0 Å². The van der Waals surface area contributed by atoms with Gasteiger partial charge in [-0.05, 0) is 65.8 Å². The van der Waals surface area contributed by atoms with Crippen molar-refractivity contribution in [3.8, 4) is 0 Å². The number of benzene rings is 5. The molecular formula is C49H55N5O5. The van der Waals surface area contributed by atoms with E-state index in [1.807, 2.05) is 159 Å². The van der Waals surface area contributed by atoms with Crippen molar-refractivity contribution >= 4 is 40.2 Å². The van der Waals surface area contributed by atoms with Crippen molar-refractivity contribution in [3.63, 3.8) is 0 Å². The summed E-state index contributed by atoms with van der Waals surface area (Å²) in [7, 11) is 0. The highest BCUT2D eigenvalue weighted by molar-refractivity contribution is 6.01. The average molecular weight is 794 g/mol. The first-order valence-electron chi connectivity index (χ1n) is 20.7. The lowest BCUT2D eigenvalue weighted by atomic mass is 9.97. The summed E-state index contributed by atoms with van der Waals surface area (Å²) < 4.78 is 0. The molecule has 4 amide bonds. The standard InChI is InChI=1S/C49H55N5O5/c1-33(2)45(49(59)52-41(29-35-17-7-4-8-18-35)46(56)50-34(3)37-21-11-6-12-22-37)53-47(57)42(30-36-19-9-5-10-20-36)51-48(58)43-25-15-16-28-54(43)32-44(55)40-27-26-38-23-13-14-24-39(38)31-40/h4-14,17-24,26-27,31,33-34,41-43,45H,15-16,25,28-30,32H2,1-3H3,(H,50,56)(H,51,58)(H,52,59)(H,53,57)/t34-,41+,42+,43+,45+/m1/s1. The lowest BCUT2D eigenvalue weighted by molar-refractivity contribution is -0.135. The highest BCUT2D eigenvalue weighted by Crippen LogP contribution is 2.21. The van der Waals surface area contributed by atoms with Gasteiger partial charge < -0.3 is 21.3 Å². The van der Waals surface area contributed by atoms with Crippen molar-refractivity contribution in [1.82, 2.24) is 26.2 Å². The molecule has 1 heterocycles. The second-order valence-electron chi connectivity index (χ2n) is 15.8. The molecule has 59 heavy (non-hydrogen) atoms. The molecule has 0 aliphatic carbocycles. The van der Waals surface area contributed by atoms with Crippen LogP contribution >= 0.6 is 0 Å². The summed E-state index contributed by atoms with van der Waals surface area (Å²) in [6.45, 7) is 6.19. The summed E-state index contributed by atoms with van der Waals surface area (Å²) in [5.41, 5.74) is 3.21. The van der Waals surface area contributed by atoms with E-state index in [-0.39, 0.29) is 48.9 Å². The number of likely N-dealkylation sites (tertiary alicyclic amines) is 1. The van der Waals surface area contributed by atoms with Gasteiger partial charge in [-0.15, -0.1) is 0 Å². The first-order valence-corrected chi connectivity index (χ1v) is 20.7. The zero-order chi connectivity index (χ0) is 41.7. The zero-order valence-electron chi connectivity index (χ0n) is 34.1. The van der Waals surface area contributed by atoms with E-state index in [4.69, 9.17) is 0 Å². The highest BCUT2D eigenvalue weighted by Gasteiger charge is 2.35. The molecule has 4 N–H and O–H groups in total.